The van der Waals surface area contributed by atoms with Crippen LogP contribution in [0.5, 0.6) is 17.2 Å². The molecule has 132 valence electrons. The first-order chi connectivity index (χ1) is 12.4. The monoisotopic (exact) mass is 359 g/mol. The van der Waals surface area contributed by atoms with Gasteiger partial charge in [-0.1, -0.05) is 12.1 Å². The molecule has 0 aliphatic heterocycles. The van der Waals surface area contributed by atoms with E-state index in [1.807, 2.05) is 0 Å². The van der Waals surface area contributed by atoms with E-state index in [-0.39, 0.29) is 17.0 Å². The van der Waals surface area contributed by atoms with Crippen LogP contribution in [0.1, 0.15) is 5.56 Å². The van der Waals surface area contributed by atoms with Crippen LogP contribution >= 0.6 is 0 Å². The predicted octanol–water partition coefficient (Wildman–Crippen LogP) is 4.85. The zero-order valence-electron chi connectivity index (χ0n) is 13.5. The van der Waals surface area contributed by atoms with Crippen molar-refractivity contribution in [1.82, 2.24) is 0 Å². The number of hydrogen-bond donors (Lipinski definition) is 1. The Hall–Kier alpha value is -3.65. The number of alkyl halides is 3. The van der Waals surface area contributed by atoms with Crippen molar-refractivity contribution in [3.05, 3.63) is 59.8 Å². The minimum atomic E-state index is -4.56. The van der Waals surface area contributed by atoms with E-state index in [9.17, 15) is 13.2 Å². The Morgan fingerprint density at radius 2 is 1.69 bits per heavy atom. The molecule has 0 heterocycles. The molecule has 26 heavy (non-hydrogen) atoms. The minimum Gasteiger partial charge on any atom is -0.493 e. The van der Waals surface area contributed by atoms with Crippen molar-refractivity contribution in [1.29, 1.82) is 10.5 Å². The summed E-state index contributed by atoms with van der Waals surface area (Å²) in [5, 5.41) is 20.0. The number of nitriles is 2. The standard InChI is InChI=1S/C18H12F3N3O2/c1-25-16-4-2-3-5-17(16)26-15-7-6-13(18(19,20)21)8-14(15)24-11-12(9-22)10-23/h2-8,11,24H,1H3. The number of ether oxygens (including phenoxy) is 2. The lowest BCUT2D eigenvalue weighted by molar-refractivity contribution is -0.137. The summed E-state index contributed by atoms with van der Waals surface area (Å²) in [6, 6.07) is 12.7. The molecule has 1 N–H and O–H groups in total. The lowest BCUT2D eigenvalue weighted by atomic mass is 10.1. The van der Waals surface area contributed by atoms with Crippen molar-refractivity contribution in [2.75, 3.05) is 12.4 Å². The fourth-order valence-corrected chi connectivity index (χ4v) is 1.97. The first-order valence-corrected chi connectivity index (χ1v) is 7.18. The fraction of sp³-hybridized carbons (Fsp3) is 0.111. The van der Waals surface area contributed by atoms with Crippen LogP contribution in [0, 0.1) is 22.7 Å². The Kier molecular flexibility index (Phi) is 5.71. The highest BCUT2D eigenvalue weighted by Crippen LogP contribution is 2.39. The molecule has 0 aliphatic carbocycles. The number of rotatable bonds is 5. The number of nitrogens with one attached hydrogen (secondary N) is 1. The Morgan fingerprint density at radius 1 is 1.04 bits per heavy atom. The summed E-state index contributed by atoms with van der Waals surface area (Å²) in [7, 11) is 1.43. The van der Waals surface area contributed by atoms with E-state index < -0.39 is 11.7 Å². The lowest BCUT2D eigenvalue weighted by Crippen LogP contribution is -2.06. The van der Waals surface area contributed by atoms with E-state index in [0.717, 1.165) is 24.4 Å². The molecule has 8 heteroatoms. The summed E-state index contributed by atoms with van der Waals surface area (Å²) in [5.74, 6) is 0.750. The SMILES string of the molecule is COc1ccccc1Oc1ccc(C(F)(F)F)cc1NC=C(C#N)C#N. The Balaban J connectivity index is 2.46. The number of methoxy groups -OCH3 is 1. The van der Waals surface area contributed by atoms with Crippen LogP contribution in [0.3, 0.4) is 0 Å². The molecule has 0 aliphatic rings. The van der Waals surface area contributed by atoms with Crippen molar-refractivity contribution in [3.63, 3.8) is 0 Å². The summed E-state index contributed by atoms with van der Waals surface area (Å²) in [6.45, 7) is 0. The van der Waals surface area contributed by atoms with Crippen molar-refractivity contribution in [3.8, 4) is 29.4 Å². The molecule has 0 saturated carbocycles. The number of para-hydroxylation sites is 2. The third-order valence-electron chi connectivity index (χ3n) is 3.21. The van der Waals surface area contributed by atoms with Crippen molar-refractivity contribution >= 4 is 5.69 Å². The molecule has 0 spiro atoms. The van der Waals surface area contributed by atoms with Gasteiger partial charge in [0, 0.05) is 6.20 Å². The second-order valence-corrected chi connectivity index (χ2v) is 4.89. The van der Waals surface area contributed by atoms with E-state index in [0.29, 0.717) is 11.5 Å². The number of hydrogen-bond acceptors (Lipinski definition) is 5. The number of allylic oxidation sites excluding steroid dienone is 1. The topological polar surface area (TPSA) is 78.1 Å². The highest BCUT2D eigenvalue weighted by molar-refractivity contribution is 5.62. The van der Waals surface area contributed by atoms with Crippen LogP contribution < -0.4 is 14.8 Å². The average molecular weight is 359 g/mol. The van der Waals surface area contributed by atoms with Gasteiger partial charge in [0.1, 0.15) is 17.7 Å². The van der Waals surface area contributed by atoms with E-state index >= 15 is 0 Å². The highest BCUT2D eigenvalue weighted by atomic mass is 19.4. The highest BCUT2D eigenvalue weighted by Gasteiger charge is 2.31. The van der Waals surface area contributed by atoms with Crippen LogP contribution in [-0.4, -0.2) is 7.11 Å². The van der Waals surface area contributed by atoms with Gasteiger partial charge in [0.05, 0.1) is 18.4 Å². The van der Waals surface area contributed by atoms with E-state index in [1.54, 1.807) is 36.4 Å². The average Bonchev–Trinajstić information content (AvgIpc) is 2.63. The van der Waals surface area contributed by atoms with E-state index in [4.69, 9.17) is 20.0 Å². The van der Waals surface area contributed by atoms with Crippen molar-refractivity contribution in [2.24, 2.45) is 0 Å². The van der Waals surface area contributed by atoms with E-state index in [1.165, 1.54) is 7.11 Å². The third kappa shape index (κ3) is 4.46. The molecule has 0 fully saturated rings. The molecule has 0 atom stereocenters. The zero-order chi connectivity index (χ0) is 19.2. The van der Waals surface area contributed by atoms with Gasteiger partial charge in [-0.2, -0.15) is 23.7 Å². The molecule has 2 aromatic carbocycles. The van der Waals surface area contributed by atoms with Crippen LogP contribution in [0.2, 0.25) is 0 Å². The summed E-state index contributed by atoms with van der Waals surface area (Å²) >= 11 is 0. The van der Waals surface area contributed by atoms with Crippen LogP contribution in [0.15, 0.2) is 54.2 Å². The Morgan fingerprint density at radius 3 is 2.27 bits per heavy atom. The van der Waals surface area contributed by atoms with Gasteiger partial charge in [0.2, 0.25) is 0 Å². The zero-order valence-corrected chi connectivity index (χ0v) is 13.5. The van der Waals surface area contributed by atoms with Gasteiger partial charge in [-0.3, -0.25) is 0 Å². The molecule has 0 saturated heterocycles. The van der Waals surface area contributed by atoms with Crippen molar-refractivity contribution < 1.29 is 22.6 Å². The second-order valence-electron chi connectivity index (χ2n) is 4.89. The summed E-state index contributed by atoms with van der Waals surface area (Å²) in [6.07, 6.45) is -3.55. The van der Waals surface area contributed by atoms with Gasteiger partial charge >= 0.3 is 6.18 Å². The summed E-state index contributed by atoms with van der Waals surface area (Å²) in [5.41, 5.74) is -1.27. The molecule has 5 nitrogen and oxygen atoms in total. The maximum atomic E-state index is 13.0. The molecule has 0 aromatic heterocycles. The molecular weight excluding hydrogens is 347 g/mol. The van der Waals surface area contributed by atoms with E-state index in [2.05, 4.69) is 5.32 Å². The van der Waals surface area contributed by atoms with Crippen LogP contribution in [0.25, 0.3) is 0 Å². The second kappa shape index (κ2) is 7.95. The molecule has 0 bridgehead atoms. The number of benzene rings is 2. The molecule has 0 amide bonds. The normalized spacial score (nSPS) is 10.2. The molecule has 0 radical (unpaired) electrons. The smallest absolute Gasteiger partial charge is 0.416 e. The largest absolute Gasteiger partial charge is 0.493 e. The Labute approximate surface area is 147 Å². The van der Waals surface area contributed by atoms with Crippen LogP contribution in [0.4, 0.5) is 18.9 Å². The van der Waals surface area contributed by atoms with Gasteiger partial charge in [0.25, 0.3) is 0 Å². The number of anilines is 1. The maximum Gasteiger partial charge on any atom is 0.416 e. The van der Waals surface area contributed by atoms with Gasteiger partial charge < -0.3 is 14.8 Å². The third-order valence-corrected chi connectivity index (χ3v) is 3.21. The van der Waals surface area contributed by atoms with Gasteiger partial charge in [-0.05, 0) is 30.3 Å². The van der Waals surface area contributed by atoms with Gasteiger partial charge in [-0.15, -0.1) is 0 Å². The minimum absolute atomic E-state index is 0.0614. The predicted molar refractivity (Wildman–Crippen MR) is 87.4 cm³/mol. The lowest BCUT2D eigenvalue weighted by Gasteiger charge is -2.15. The quantitative estimate of drug-likeness (QED) is 0.772. The summed E-state index contributed by atoms with van der Waals surface area (Å²) < 4.78 is 49.7. The molecule has 2 rings (SSSR count). The van der Waals surface area contributed by atoms with Gasteiger partial charge in [0.15, 0.2) is 17.2 Å². The molecular formula is C18H12F3N3O2. The number of halogens is 3. The Bertz CT molecular complexity index is 893. The molecule has 2 aromatic rings. The molecule has 0 unspecified atom stereocenters. The van der Waals surface area contributed by atoms with Gasteiger partial charge in [-0.25, -0.2) is 0 Å². The number of nitrogens with zero attached hydrogens (tertiary/aromatic N) is 2. The maximum absolute atomic E-state index is 13.0. The first kappa shape index (κ1) is 18.7. The van der Waals surface area contributed by atoms with Crippen LogP contribution in [-0.2, 0) is 6.18 Å². The van der Waals surface area contributed by atoms with Crippen molar-refractivity contribution in [2.45, 2.75) is 6.18 Å². The summed E-state index contributed by atoms with van der Waals surface area (Å²) in [4.78, 5) is 0. The first-order valence-electron chi connectivity index (χ1n) is 7.18. The fourth-order valence-electron chi connectivity index (χ4n) is 1.97.